The summed E-state index contributed by atoms with van der Waals surface area (Å²) in [6.07, 6.45) is 9.80. The molecule has 0 amide bonds. The fraction of sp³-hybridized carbons (Fsp3) is 0.960. The molecule has 4 nitrogen and oxygen atoms in total. The van der Waals surface area contributed by atoms with Gasteiger partial charge < -0.3 is 14.9 Å². The second-order valence-corrected chi connectivity index (χ2v) is 11.5. The van der Waals surface area contributed by atoms with Gasteiger partial charge in [-0.2, -0.15) is 0 Å². The molecule has 0 aromatic carbocycles. The molecule has 0 spiro atoms. The van der Waals surface area contributed by atoms with E-state index in [9.17, 15) is 15.0 Å². The van der Waals surface area contributed by atoms with Gasteiger partial charge in [-0.15, -0.1) is 0 Å². The van der Waals surface area contributed by atoms with Crippen LogP contribution in [0.5, 0.6) is 0 Å². The highest BCUT2D eigenvalue weighted by molar-refractivity contribution is 5.69. The number of ether oxygens (including phenoxy) is 1. The third-order valence-corrected chi connectivity index (χ3v) is 10.4. The van der Waals surface area contributed by atoms with E-state index in [1.54, 1.807) is 0 Å². The van der Waals surface area contributed by atoms with Crippen LogP contribution in [0, 0.1) is 46.3 Å². The summed E-state index contributed by atoms with van der Waals surface area (Å²) in [4.78, 5) is 11.6. The smallest absolute Gasteiger partial charge is 0.305 e. The van der Waals surface area contributed by atoms with Crippen molar-refractivity contribution < 1.29 is 19.7 Å². The molecular weight excluding hydrogens is 364 g/mol. The first-order valence-corrected chi connectivity index (χ1v) is 12.1. The summed E-state index contributed by atoms with van der Waals surface area (Å²) in [6.45, 7) is 7.29. The molecule has 29 heavy (non-hydrogen) atoms. The van der Waals surface area contributed by atoms with Crippen molar-refractivity contribution in [2.75, 3.05) is 7.11 Å². The quantitative estimate of drug-likeness (QED) is 0.671. The molecule has 4 aliphatic rings. The Bertz CT molecular complexity index is 620. The lowest BCUT2D eigenvalue weighted by Gasteiger charge is -2.62. The average Bonchev–Trinajstić information content (AvgIpc) is 3.04. The van der Waals surface area contributed by atoms with Crippen molar-refractivity contribution in [3.63, 3.8) is 0 Å². The third-order valence-electron chi connectivity index (χ3n) is 10.4. The molecule has 166 valence electrons. The van der Waals surface area contributed by atoms with E-state index in [0.29, 0.717) is 47.3 Å². The predicted octanol–water partition coefficient (Wildman–Crippen LogP) is 4.57. The maximum absolute atomic E-state index is 11.6. The molecule has 4 heteroatoms. The van der Waals surface area contributed by atoms with Crippen LogP contribution in [0.4, 0.5) is 0 Å². The van der Waals surface area contributed by atoms with Crippen molar-refractivity contribution in [1.29, 1.82) is 0 Å². The third kappa shape index (κ3) is 3.46. The summed E-state index contributed by atoms with van der Waals surface area (Å²) >= 11 is 0. The predicted molar refractivity (Wildman–Crippen MR) is 113 cm³/mol. The van der Waals surface area contributed by atoms with E-state index < -0.39 is 0 Å². The first-order valence-electron chi connectivity index (χ1n) is 12.1. The Kier molecular flexibility index (Phi) is 5.83. The zero-order chi connectivity index (χ0) is 21.0. The SMILES string of the molecule is COC(=O)CC[C@H](C)[C@@H]1CC[C@@H]2[C@H]3[C@H](O)C[C@H]4C[C@@H](O)CC[C@@]4(C)[C@@H]3CC[C@]21C. The van der Waals surface area contributed by atoms with Gasteiger partial charge in [0, 0.05) is 6.42 Å². The molecule has 0 radical (unpaired) electrons. The molecule has 4 saturated carbocycles. The largest absolute Gasteiger partial charge is 0.469 e. The van der Waals surface area contributed by atoms with Gasteiger partial charge in [0.15, 0.2) is 0 Å². The van der Waals surface area contributed by atoms with Crippen LogP contribution < -0.4 is 0 Å². The number of carbonyl (C=O) groups excluding carboxylic acids is 1. The lowest BCUT2D eigenvalue weighted by molar-refractivity contribution is -0.174. The summed E-state index contributed by atoms with van der Waals surface area (Å²) in [5.41, 5.74) is 0.577. The molecule has 10 atom stereocenters. The highest BCUT2D eigenvalue weighted by Crippen LogP contribution is 2.68. The lowest BCUT2D eigenvalue weighted by atomic mass is 9.43. The second kappa shape index (κ2) is 7.82. The number of aliphatic hydroxyl groups excluding tert-OH is 2. The zero-order valence-electron chi connectivity index (χ0n) is 18.9. The Labute approximate surface area is 176 Å². The molecule has 0 aliphatic heterocycles. The van der Waals surface area contributed by atoms with Gasteiger partial charge in [-0.05, 0) is 104 Å². The standard InChI is InChI=1S/C25H42O4/c1-15(5-8-22(28)29-4)18-6-7-19-23-20(10-12-25(18,19)3)24(2)11-9-17(26)13-16(24)14-21(23)27/h15-21,23,26-27H,5-14H2,1-4H3/t15-,16+,17-,18-,19+,20+,21+,23+,24+,25-/m0/s1. The van der Waals surface area contributed by atoms with E-state index in [1.165, 1.54) is 32.8 Å². The number of fused-ring (bicyclic) bond motifs is 5. The summed E-state index contributed by atoms with van der Waals surface area (Å²) < 4.78 is 4.86. The highest BCUT2D eigenvalue weighted by Gasteiger charge is 2.62. The number of hydrogen-bond donors (Lipinski definition) is 2. The highest BCUT2D eigenvalue weighted by atomic mass is 16.5. The topological polar surface area (TPSA) is 66.8 Å². The van der Waals surface area contributed by atoms with Crippen molar-refractivity contribution in [2.24, 2.45) is 46.3 Å². The van der Waals surface area contributed by atoms with Crippen molar-refractivity contribution in [2.45, 2.75) is 97.2 Å². The van der Waals surface area contributed by atoms with Crippen LogP contribution in [-0.2, 0) is 9.53 Å². The Morgan fingerprint density at radius 2 is 1.72 bits per heavy atom. The molecule has 4 fully saturated rings. The Morgan fingerprint density at radius 3 is 2.45 bits per heavy atom. The molecule has 0 aromatic rings. The summed E-state index contributed by atoms with van der Waals surface area (Å²) in [6, 6.07) is 0. The van der Waals surface area contributed by atoms with Gasteiger partial charge in [0.25, 0.3) is 0 Å². The molecule has 2 N–H and O–H groups in total. The molecule has 4 rings (SSSR count). The zero-order valence-corrected chi connectivity index (χ0v) is 18.9. The van der Waals surface area contributed by atoms with Gasteiger partial charge in [0.1, 0.15) is 0 Å². The minimum absolute atomic E-state index is 0.0959. The van der Waals surface area contributed by atoms with Crippen molar-refractivity contribution >= 4 is 5.97 Å². The van der Waals surface area contributed by atoms with E-state index in [0.717, 1.165) is 32.1 Å². The van der Waals surface area contributed by atoms with Crippen LogP contribution in [0.25, 0.3) is 0 Å². The molecule has 0 unspecified atom stereocenters. The van der Waals surface area contributed by atoms with E-state index in [4.69, 9.17) is 4.74 Å². The number of methoxy groups -OCH3 is 1. The van der Waals surface area contributed by atoms with Crippen LogP contribution in [-0.4, -0.2) is 35.5 Å². The lowest BCUT2D eigenvalue weighted by Crippen LogP contribution is -2.58. The van der Waals surface area contributed by atoms with Gasteiger partial charge in [-0.1, -0.05) is 20.8 Å². The minimum atomic E-state index is -0.211. The average molecular weight is 407 g/mol. The Balaban J connectivity index is 1.53. The van der Waals surface area contributed by atoms with Crippen molar-refractivity contribution in [3.05, 3.63) is 0 Å². The number of hydrogen-bond acceptors (Lipinski definition) is 4. The number of esters is 1. The minimum Gasteiger partial charge on any atom is -0.469 e. The molecule has 0 aromatic heterocycles. The number of carbonyl (C=O) groups is 1. The van der Waals surface area contributed by atoms with Crippen LogP contribution in [0.2, 0.25) is 0 Å². The van der Waals surface area contributed by atoms with Gasteiger partial charge in [0.05, 0.1) is 19.3 Å². The van der Waals surface area contributed by atoms with Crippen LogP contribution in [0.15, 0.2) is 0 Å². The van der Waals surface area contributed by atoms with Gasteiger partial charge in [0.2, 0.25) is 0 Å². The molecular formula is C25H42O4. The van der Waals surface area contributed by atoms with Crippen LogP contribution >= 0.6 is 0 Å². The molecule has 0 heterocycles. The Hall–Kier alpha value is -0.610. The van der Waals surface area contributed by atoms with E-state index in [2.05, 4.69) is 20.8 Å². The molecule has 4 aliphatic carbocycles. The summed E-state index contributed by atoms with van der Waals surface area (Å²) in [5.74, 6) is 3.17. The first kappa shape index (κ1) is 21.6. The fourth-order valence-electron chi connectivity index (χ4n) is 8.82. The monoisotopic (exact) mass is 406 g/mol. The second-order valence-electron chi connectivity index (χ2n) is 11.5. The summed E-state index contributed by atoms with van der Waals surface area (Å²) in [7, 11) is 1.48. The van der Waals surface area contributed by atoms with Gasteiger partial charge in [-0.25, -0.2) is 0 Å². The van der Waals surface area contributed by atoms with Crippen molar-refractivity contribution in [3.8, 4) is 0 Å². The van der Waals surface area contributed by atoms with E-state index >= 15 is 0 Å². The van der Waals surface area contributed by atoms with Crippen molar-refractivity contribution in [1.82, 2.24) is 0 Å². The summed E-state index contributed by atoms with van der Waals surface area (Å²) in [5, 5.41) is 21.5. The maximum Gasteiger partial charge on any atom is 0.305 e. The van der Waals surface area contributed by atoms with Gasteiger partial charge in [-0.3, -0.25) is 4.79 Å². The van der Waals surface area contributed by atoms with E-state index in [1.807, 2.05) is 0 Å². The molecule has 0 bridgehead atoms. The Morgan fingerprint density at radius 1 is 1.03 bits per heavy atom. The number of rotatable bonds is 4. The molecule has 0 saturated heterocycles. The van der Waals surface area contributed by atoms with E-state index in [-0.39, 0.29) is 23.6 Å². The van der Waals surface area contributed by atoms with Crippen LogP contribution in [0.1, 0.15) is 85.0 Å². The van der Waals surface area contributed by atoms with Gasteiger partial charge >= 0.3 is 5.97 Å². The number of aliphatic hydroxyl groups is 2. The fourth-order valence-corrected chi connectivity index (χ4v) is 8.82. The first-order chi connectivity index (χ1) is 13.7. The maximum atomic E-state index is 11.6. The van der Waals surface area contributed by atoms with Crippen LogP contribution in [0.3, 0.4) is 0 Å². The normalized spacial score (nSPS) is 50.2.